The first-order valence-corrected chi connectivity index (χ1v) is 12.2. The minimum atomic E-state index is -1.34. The zero-order valence-corrected chi connectivity index (χ0v) is 22.4. The van der Waals surface area contributed by atoms with Gasteiger partial charge in [-0.05, 0) is 43.3 Å². The zero-order valence-electron chi connectivity index (χ0n) is 21.7. The number of amides is 4. The van der Waals surface area contributed by atoms with Crippen LogP contribution in [0.3, 0.4) is 0 Å². The molecule has 202 valence electrons. The second-order valence-corrected chi connectivity index (χ2v) is 9.04. The summed E-state index contributed by atoms with van der Waals surface area (Å²) in [5.41, 5.74) is 3.89. The van der Waals surface area contributed by atoms with Crippen LogP contribution < -0.4 is 24.5 Å². The van der Waals surface area contributed by atoms with Gasteiger partial charge in [0, 0.05) is 5.56 Å². The summed E-state index contributed by atoms with van der Waals surface area (Å²) in [7, 11) is 4.20. The first kappa shape index (κ1) is 27.5. The standard InChI is InChI=1S/C28H26ClN3O7/c1-16-9-11-18(12-10-16)31-24(33)15-21(28(31)36)32(30-26(34)19-7-5-6-8-20(19)29)27(35)17-13-22(37-2)25(39-4)23(14-17)38-3/h5-14,21H,15H2,1-4H3,(H,30,34). The van der Waals surface area contributed by atoms with Crippen LogP contribution in [-0.4, -0.2) is 56.0 Å². The van der Waals surface area contributed by atoms with Crippen LogP contribution in [0.25, 0.3) is 0 Å². The fourth-order valence-electron chi connectivity index (χ4n) is 4.21. The van der Waals surface area contributed by atoms with E-state index in [-0.39, 0.29) is 39.8 Å². The predicted molar refractivity (Wildman–Crippen MR) is 143 cm³/mol. The fraction of sp³-hybridized carbons (Fsp3) is 0.214. The van der Waals surface area contributed by atoms with Crippen molar-refractivity contribution in [3.8, 4) is 17.2 Å². The number of benzene rings is 3. The van der Waals surface area contributed by atoms with Gasteiger partial charge in [-0.3, -0.25) is 24.6 Å². The lowest BCUT2D eigenvalue weighted by Gasteiger charge is -2.28. The van der Waals surface area contributed by atoms with Crippen molar-refractivity contribution in [1.29, 1.82) is 0 Å². The van der Waals surface area contributed by atoms with Crippen molar-refractivity contribution in [3.05, 3.63) is 82.4 Å². The third kappa shape index (κ3) is 5.37. The molecule has 1 unspecified atom stereocenters. The van der Waals surface area contributed by atoms with Crippen LogP contribution in [-0.2, 0) is 9.59 Å². The number of nitrogens with one attached hydrogen (secondary N) is 1. The second kappa shape index (κ2) is 11.4. The smallest absolute Gasteiger partial charge is 0.273 e. The van der Waals surface area contributed by atoms with E-state index in [2.05, 4.69) is 5.43 Å². The number of rotatable bonds is 7. The highest BCUT2D eigenvalue weighted by atomic mass is 35.5. The van der Waals surface area contributed by atoms with Crippen LogP contribution >= 0.6 is 11.6 Å². The largest absolute Gasteiger partial charge is 0.493 e. The van der Waals surface area contributed by atoms with Gasteiger partial charge in [-0.15, -0.1) is 0 Å². The molecular weight excluding hydrogens is 526 g/mol. The molecule has 0 saturated carbocycles. The molecule has 4 amide bonds. The maximum absolute atomic E-state index is 13.9. The number of imide groups is 1. The molecule has 1 aliphatic heterocycles. The molecule has 1 heterocycles. The van der Waals surface area contributed by atoms with Crippen LogP contribution in [0.1, 0.15) is 32.7 Å². The minimum Gasteiger partial charge on any atom is -0.493 e. The van der Waals surface area contributed by atoms with E-state index in [4.69, 9.17) is 25.8 Å². The maximum atomic E-state index is 13.9. The van der Waals surface area contributed by atoms with Crippen molar-refractivity contribution >= 4 is 40.9 Å². The van der Waals surface area contributed by atoms with Gasteiger partial charge in [0.2, 0.25) is 11.7 Å². The third-order valence-electron chi connectivity index (χ3n) is 6.20. The molecule has 1 fully saturated rings. The number of aryl methyl sites for hydroxylation is 1. The second-order valence-electron chi connectivity index (χ2n) is 8.63. The Morgan fingerprint density at radius 1 is 0.949 bits per heavy atom. The van der Waals surface area contributed by atoms with E-state index in [1.165, 1.54) is 45.6 Å². The summed E-state index contributed by atoms with van der Waals surface area (Å²) >= 11 is 6.20. The summed E-state index contributed by atoms with van der Waals surface area (Å²) in [5.74, 6) is -2.10. The molecule has 1 N–H and O–H groups in total. The van der Waals surface area contributed by atoms with Crippen molar-refractivity contribution in [2.45, 2.75) is 19.4 Å². The van der Waals surface area contributed by atoms with E-state index in [0.29, 0.717) is 5.69 Å². The number of methoxy groups -OCH3 is 3. The topological polar surface area (TPSA) is 114 Å². The molecule has 0 aromatic heterocycles. The quantitative estimate of drug-likeness (QED) is 0.351. The summed E-state index contributed by atoms with van der Waals surface area (Å²) in [6.45, 7) is 1.88. The van der Waals surface area contributed by atoms with Crippen molar-refractivity contribution in [1.82, 2.24) is 10.4 Å². The molecule has 10 nitrogen and oxygen atoms in total. The number of halogens is 1. The lowest BCUT2D eigenvalue weighted by atomic mass is 10.1. The van der Waals surface area contributed by atoms with Gasteiger partial charge in [0.1, 0.15) is 6.04 Å². The van der Waals surface area contributed by atoms with Crippen molar-refractivity contribution in [3.63, 3.8) is 0 Å². The fourth-order valence-corrected chi connectivity index (χ4v) is 4.43. The molecule has 4 rings (SSSR count). The Hall–Kier alpha value is -4.57. The predicted octanol–water partition coefficient (Wildman–Crippen LogP) is 3.79. The van der Waals surface area contributed by atoms with Crippen LogP contribution in [0.2, 0.25) is 5.02 Å². The lowest BCUT2D eigenvalue weighted by molar-refractivity contribution is -0.122. The first-order chi connectivity index (χ1) is 18.7. The van der Waals surface area contributed by atoms with Gasteiger partial charge in [0.25, 0.3) is 17.7 Å². The molecule has 1 aliphatic rings. The van der Waals surface area contributed by atoms with Gasteiger partial charge in [-0.1, -0.05) is 41.4 Å². The highest BCUT2D eigenvalue weighted by molar-refractivity contribution is 6.33. The summed E-state index contributed by atoms with van der Waals surface area (Å²) in [5, 5.41) is 0.992. The van der Waals surface area contributed by atoms with Crippen LogP contribution in [0.15, 0.2) is 60.7 Å². The van der Waals surface area contributed by atoms with Gasteiger partial charge in [0.15, 0.2) is 11.5 Å². The third-order valence-corrected chi connectivity index (χ3v) is 6.53. The normalized spacial score (nSPS) is 14.7. The lowest BCUT2D eigenvalue weighted by Crippen LogP contribution is -2.54. The molecule has 0 spiro atoms. The monoisotopic (exact) mass is 551 g/mol. The maximum Gasteiger partial charge on any atom is 0.273 e. The zero-order chi connectivity index (χ0) is 28.3. The van der Waals surface area contributed by atoms with E-state index in [1.54, 1.807) is 36.4 Å². The van der Waals surface area contributed by atoms with Gasteiger partial charge in [-0.25, -0.2) is 9.91 Å². The number of carbonyl (C=O) groups excluding carboxylic acids is 4. The number of hydrogen-bond donors (Lipinski definition) is 1. The highest BCUT2D eigenvalue weighted by Crippen LogP contribution is 2.39. The summed E-state index contributed by atoms with van der Waals surface area (Å²) < 4.78 is 16.0. The molecule has 0 radical (unpaired) electrons. The number of anilines is 1. The average Bonchev–Trinajstić information content (AvgIpc) is 3.24. The number of ether oxygens (including phenoxy) is 3. The SMILES string of the molecule is COc1cc(C(=O)N(NC(=O)c2ccccc2Cl)C2CC(=O)N(c3ccc(C)cc3)C2=O)cc(OC)c1OC. The first-order valence-electron chi connectivity index (χ1n) is 11.8. The summed E-state index contributed by atoms with van der Waals surface area (Å²) in [6, 6.07) is 14.5. The summed E-state index contributed by atoms with van der Waals surface area (Å²) in [4.78, 5) is 54.7. The Morgan fingerprint density at radius 3 is 2.13 bits per heavy atom. The molecule has 1 saturated heterocycles. The Kier molecular flexibility index (Phi) is 8.06. The van der Waals surface area contributed by atoms with Crippen molar-refractivity contribution < 1.29 is 33.4 Å². The average molecular weight is 552 g/mol. The molecule has 39 heavy (non-hydrogen) atoms. The summed E-state index contributed by atoms with van der Waals surface area (Å²) in [6.07, 6.45) is -0.355. The Morgan fingerprint density at radius 2 is 1.56 bits per heavy atom. The minimum absolute atomic E-state index is 0.0120. The Balaban J connectivity index is 1.77. The Labute approximate surface area is 230 Å². The molecule has 3 aromatic carbocycles. The van der Waals surface area contributed by atoms with Gasteiger partial charge >= 0.3 is 0 Å². The van der Waals surface area contributed by atoms with Gasteiger partial charge in [0.05, 0.1) is 44.0 Å². The number of hydrogen-bond acceptors (Lipinski definition) is 7. The van der Waals surface area contributed by atoms with Crippen LogP contribution in [0.5, 0.6) is 17.2 Å². The van der Waals surface area contributed by atoms with Crippen LogP contribution in [0.4, 0.5) is 5.69 Å². The number of carbonyl (C=O) groups is 4. The van der Waals surface area contributed by atoms with Gasteiger partial charge in [-0.2, -0.15) is 0 Å². The molecular formula is C28H26ClN3O7. The van der Waals surface area contributed by atoms with Crippen molar-refractivity contribution in [2.24, 2.45) is 0 Å². The van der Waals surface area contributed by atoms with E-state index in [1.807, 2.05) is 6.92 Å². The van der Waals surface area contributed by atoms with E-state index >= 15 is 0 Å². The van der Waals surface area contributed by atoms with Gasteiger partial charge < -0.3 is 14.2 Å². The number of nitrogens with zero attached hydrogens (tertiary/aromatic N) is 2. The van der Waals surface area contributed by atoms with Crippen LogP contribution in [0, 0.1) is 6.92 Å². The number of hydrazine groups is 1. The molecule has 0 aliphatic carbocycles. The molecule has 11 heteroatoms. The molecule has 1 atom stereocenters. The molecule has 0 bridgehead atoms. The Bertz CT molecular complexity index is 1420. The van der Waals surface area contributed by atoms with E-state index in [0.717, 1.165) is 15.5 Å². The van der Waals surface area contributed by atoms with E-state index in [9.17, 15) is 19.2 Å². The van der Waals surface area contributed by atoms with E-state index < -0.39 is 29.7 Å². The highest BCUT2D eigenvalue weighted by Gasteiger charge is 2.46. The molecule has 3 aromatic rings. The van der Waals surface area contributed by atoms with Crippen molar-refractivity contribution in [2.75, 3.05) is 26.2 Å².